The van der Waals surface area contributed by atoms with Crippen LogP contribution < -0.4 is 0 Å². The highest BCUT2D eigenvalue weighted by Gasteiger charge is 2.20. The van der Waals surface area contributed by atoms with Gasteiger partial charge in [0.15, 0.2) is 0 Å². The molecule has 2 rings (SSSR count). The normalized spacial score (nSPS) is 10.8. The van der Waals surface area contributed by atoms with Crippen LogP contribution in [-0.2, 0) is 0 Å². The zero-order chi connectivity index (χ0) is 14.3. The highest BCUT2D eigenvalue weighted by molar-refractivity contribution is 6.50. The van der Waals surface area contributed by atoms with Gasteiger partial charge in [0.05, 0.1) is 20.1 Å². The number of rotatable bonds is 1. The number of benzene rings is 2. The number of aromatic hydroxyl groups is 2. The van der Waals surface area contributed by atoms with E-state index in [1.165, 1.54) is 18.2 Å². The van der Waals surface area contributed by atoms with Gasteiger partial charge in [0.25, 0.3) is 0 Å². The predicted molar refractivity (Wildman–Crippen MR) is 80.3 cm³/mol. The third-order valence-electron chi connectivity index (χ3n) is 2.47. The average molecular weight is 358 g/mol. The van der Waals surface area contributed by atoms with Crippen LogP contribution in [0.15, 0.2) is 18.2 Å². The van der Waals surface area contributed by atoms with Crippen LogP contribution in [0.2, 0.25) is 25.1 Å². The summed E-state index contributed by atoms with van der Waals surface area (Å²) in [6, 6.07) is 4.05. The molecule has 0 amide bonds. The van der Waals surface area contributed by atoms with Crippen molar-refractivity contribution >= 4 is 58.0 Å². The van der Waals surface area contributed by atoms with Gasteiger partial charge in [-0.05, 0) is 12.1 Å². The summed E-state index contributed by atoms with van der Waals surface area (Å²) in [5.74, 6) is -0.367. The van der Waals surface area contributed by atoms with Crippen molar-refractivity contribution in [3.8, 4) is 22.6 Å². The Morgan fingerprint density at radius 3 is 1.95 bits per heavy atom. The Kier molecular flexibility index (Phi) is 4.29. The highest BCUT2D eigenvalue weighted by atomic mass is 35.5. The van der Waals surface area contributed by atoms with Crippen LogP contribution in [0.3, 0.4) is 0 Å². The summed E-state index contributed by atoms with van der Waals surface area (Å²) in [6.07, 6.45) is 0. The van der Waals surface area contributed by atoms with Gasteiger partial charge < -0.3 is 10.2 Å². The number of phenolic OH excluding ortho intramolecular Hbond substituents is 2. The van der Waals surface area contributed by atoms with E-state index >= 15 is 0 Å². The molecule has 2 N–H and O–H groups in total. The first kappa shape index (κ1) is 14.9. The lowest BCUT2D eigenvalue weighted by Gasteiger charge is -2.13. The molecule has 0 fully saturated rings. The van der Waals surface area contributed by atoms with Crippen molar-refractivity contribution in [2.24, 2.45) is 0 Å². The Balaban J connectivity index is 2.80. The van der Waals surface area contributed by atoms with E-state index in [1.54, 1.807) is 0 Å². The number of phenols is 2. The molecule has 0 unspecified atom stereocenters. The second-order valence-electron chi connectivity index (χ2n) is 3.64. The van der Waals surface area contributed by atoms with E-state index in [4.69, 9.17) is 58.0 Å². The molecule has 0 radical (unpaired) electrons. The van der Waals surface area contributed by atoms with Crippen molar-refractivity contribution in [3.63, 3.8) is 0 Å². The number of hydrogen-bond acceptors (Lipinski definition) is 2. The van der Waals surface area contributed by atoms with Gasteiger partial charge in [0.1, 0.15) is 16.5 Å². The fourth-order valence-electron chi connectivity index (χ4n) is 1.57. The van der Waals surface area contributed by atoms with Crippen LogP contribution in [0.5, 0.6) is 11.5 Å². The maximum atomic E-state index is 9.94. The fourth-order valence-corrected chi connectivity index (χ4v) is 2.69. The van der Waals surface area contributed by atoms with Gasteiger partial charge in [-0.1, -0.05) is 58.0 Å². The number of hydrogen-bond donors (Lipinski definition) is 2. The molecule has 100 valence electrons. The molecule has 0 aromatic heterocycles. The molecule has 0 saturated heterocycles. The molecule has 7 heteroatoms. The van der Waals surface area contributed by atoms with Crippen LogP contribution in [0, 0.1) is 0 Å². The Hall–Kier alpha value is -0.510. The first-order chi connectivity index (χ1) is 8.84. The average Bonchev–Trinajstić information content (AvgIpc) is 2.36. The Morgan fingerprint density at radius 2 is 1.32 bits per heavy atom. The standard InChI is InChI=1S/C12H5Cl5O2/c13-5-3-7(19)8(12(17)10(5)15)4-1-2-6(18)11(16)9(4)14/h1-3,18-19H. The monoisotopic (exact) mass is 356 g/mol. The van der Waals surface area contributed by atoms with Crippen molar-refractivity contribution in [3.05, 3.63) is 43.3 Å². The first-order valence-electron chi connectivity index (χ1n) is 4.88. The third kappa shape index (κ3) is 2.56. The minimum Gasteiger partial charge on any atom is -0.507 e. The van der Waals surface area contributed by atoms with E-state index in [0.717, 1.165) is 0 Å². The summed E-state index contributed by atoms with van der Waals surface area (Å²) in [5.41, 5.74) is 0.536. The predicted octanol–water partition coefficient (Wildman–Crippen LogP) is 6.03. The van der Waals surface area contributed by atoms with Crippen molar-refractivity contribution in [2.75, 3.05) is 0 Å². The molecule has 2 aromatic carbocycles. The molecule has 19 heavy (non-hydrogen) atoms. The van der Waals surface area contributed by atoms with Crippen LogP contribution in [0.25, 0.3) is 11.1 Å². The summed E-state index contributed by atoms with van der Waals surface area (Å²) < 4.78 is 0. The molecular formula is C12H5Cl5O2. The maximum absolute atomic E-state index is 9.94. The van der Waals surface area contributed by atoms with Gasteiger partial charge in [-0.3, -0.25) is 0 Å². The summed E-state index contributed by atoms with van der Waals surface area (Å²) in [6.45, 7) is 0. The molecule has 0 saturated carbocycles. The first-order valence-corrected chi connectivity index (χ1v) is 6.77. The smallest absolute Gasteiger partial charge is 0.135 e. The zero-order valence-corrected chi connectivity index (χ0v) is 12.8. The lowest BCUT2D eigenvalue weighted by Crippen LogP contribution is -1.86. The summed E-state index contributed by atoms with van der Waals surface area (Å²) >= 11 is 29.7. The Labute approximate surface area is 134 Å². The SMILES string of the molecule is Oc1ccc(-c2c(O)cc(Cl)c(Cl)c2Cl)c(Cl)c1Cl. The maximum Gasteiger partial charge on any atom is 0.135 e. The van der Waals surface area contributed by atoms with Gasteiger partial charge >= 0.3 is 0 Å². The van der Waals surface area contributed by atoms with Crippen molar-refractivity contribution < 1.29 is 10.2 Å². The van der Waals surface area contributed by atoms with E-state index in [1.807, 2.05) is 0 Å². The van der Waals surface area contributed by atoms with Gasteiger partial charge in [-0.25, -0.2) is 0 Å². The van der Waals surface area contributed by atoms with E-state index in [-0.39, 0.29) is 42.2 Å². The quantitative estimate of drug-likeness (QED) is 0.611. The van der Waals surface area contributed by atoms with Crippen LogP contribution >= 0.6 is 58.0 Å². The molecule has 0 atom stereocenters. The van der Waals surface area contributed by atoms with Gasteiger partial charge in [0.2, 0.25) is 0 Å². The Bertz CT molecular complexity index is 670. The van der Waals surface area contributed by atoms with Crippen molar-refractivity contribution in [2.45, 2.75) is 0 Å². The zero-order valence-electron chi connectivity index (χ0n) is 9.02. The van der Waals surface area contributed by atoms with Crippen LogP contribution in [-0.4, -0.2) is 10.2 Å². The molecule has 0 aliphatic rings. The summed E-state index contributed by atoms with van der Waals surface area (Å²) in [5, 5.41) is 19.7. The van der Waals surface area contributed by atoms with E-state index < -0.39 is 0 Å². The van der Waals surface area contributed by atoms with Crippen LogP contribution in [0.1, 0.15) is 0 Å². The molecule has 0 aliphatic carbocycles. The second kappa shape index (κ2) is 5.47. The lowest BCUT2D eigenvalue weighted by atomic mass is 10.0. The highest BCUT2D eigenvalue weighted by Crippen LogP contribution is 2.48. The molecule has 0 spiro atoms. The van der Waals surface area contributed by atoms with Gasteiger partial charge in [-0.15, -0.1) is 0 Å². The minimum absolute atomic E-state index is 0.0410. The van der Waals surface area contributed by atoms with Crippen molar-refractivity contribution in [1.29, 1.82) is 0 Å². The van der Waals surface area contributed by atoms with Gasteiger partial charge in [-0.2, -0.15) is 0 Å². The second-order valence-corrected chi connectivity index (χ2v) is 5.56. The molecule has 2 aromatic rings. The van der Waals surface area contributed by atoms with Gasteiger partial charge in [0, 0.05) is 17.2 Å². The molecule has 0 bridgehead atoms. The van der Waals surface area contributed by atoms with E-state index in [9.17, 15) is 10.2 Å². The molecule has 2 nitrogen and oxygen atoms in total. The Morgan fingerprint density at radius 1 is 0.684 bits per heavy atom. The van der Waals surface area contributed by atoms with E-state index in [2.05, 4.69) is 0 Å². The molecular weight excluding hydrogens is 353 g/mol. The third-order valence-corrected chi connectivity index (χ3v) is 4.61. The lowest BCUT2D eigenvalue weighted by molar-refractivity contribution is 0.474. The largest absolute Gasteiger partial charge is 0.507 e. The molecule has 0 heterocycles. The topological polar surface area (TPSA) is 40.5 Å². The summed E-state index contributed by atoms with van der Waals surface area (Å²) in [7, 11) is 0. The molecule has 0 aliphatic heterocycles. The van der Waals surface area contributed by atoms with Crippen molar-refractivity contribution in [1.82, 2.24) is 0 Å². The fraction of sp³-hybridized carbons (Fsp3) is 0. The van der Waals surface area contributed by atoms with E-state index in [0.29, 0.717) is 5.56 Å². The minimum atomic E-state index is -0.192. The summed E-state index contributed by atoms with van der Waals surface area (Å²) in [4.78, 5) is 0. The number of halogens is 5. The van der Waals surface area contributed by atoms with Crippen LogP contribution in [0.4, 0.5) is 0 Å².